The van der Waals surface area contributed by atoms with Gasteiger partial charge in [-0.1, -0.05) is 35.9 Å². The van der Waals surface area contributed by atoms with Gasteiger partial charge < -0.3 is 30.6 Å². The van der Waals surface area contributed by atoms with Gasteiger partial charge in [-0.05, 0) is 48.4 Å². The average Bonchev–Trinajstić information content (AvgIpc) is 3.51. The topological polar surface area (TPSA) is 148 Å². The first-order chi connectivity index (χ1) is 17.2. The Labute approximate surface area is 212 Å². The Morgan fingerprint density at radius 1 is 1.08 bits per heavy atom. The predicted molar refractivity (Wildman–Crippen MR) is 130 cm³/mol. The van der Waals surface area contributed by atoms with Crippen LogP contribution in [0.15, 0.2) is 67.0 Å². The van der Waals surface area contributed by atoms with Crippen LogP contribution < -0.4 is 5.32 Å². The number of β-amino-alcohol motifs (C(OH)–C–C–N with tert-alkyl or cyclic N) is 1. The molecule has 1 aromatic heterocycles. The first-order valence-electron chi connectivity index (χ1n) is 11.4. The number of aromatic nitrogens is 2. The SMILES string of the molecule is C[C@@H](NC(=O)[C@H](O)[C@@H](O)C(=O)N1C[C@H](O)C(O)C1c1cccc(Cl)c1)c1ccc(-n2cccn2)cc1. The van der Waals surface area contributed by atoms with E-state index in [1.165, 1.54) is 6.07 Å². The molecule has 3 aromatic rings. The van der Waals surface area contributed by atoms with Gasteiger partial charge in [-0.3, -0.25) is 9.59 Å². The van der Waals surface area contributed by atoms with Gasteiger partial charge in [0.2, 0.25) is 0 Å². The second kappa shape index (κ2) is 10.8. The standard InChI is InChI=1S/C25H27ClN4O6/c1-14(15-6-8-18(9-7-15)30-11-3-10-27-30)28-24(35)22(33)23(34)25(36)29-13-19(31)21(32)20(29)16-4-2-5-17(26)12-16/h2-12,14,19-23,31-34H,13H2,1H3,(H,28,35)/t14-,19+,20?,21?,22-,23-/m1/s1. The second-order valence-electron chi connectivity index (χ2n) is 8.71. The lowest BCUT2D eigenvalue weighted by atomic mass is 10.0. The van der Waals surface area contributed by atoms with Crippen LogP contribution in [0, 0.1) is 0 Å². The molecule has 36 heavy (non-hydrogen) atoms. The fraction of sp³-hybridized carbons (Fsp3) is 0.320. The van der Waals surface area contributed by atoms with Crippen molar-refractivity contribution < 1.29 is 30.0 Å². The molecule has 11 heteroatoms. The fourth-order valence-electron chi connectivity index (χ4n) is 4.28. The molecule has 1 aliphatic heterocycles. The number of carbonyl (C=O) groups excluding carboxylic acids is 2. The van der Waals surface area contributed by atoms with Crippen molar-refractivity contribution in [3.05, 3.63) is 83.1 Å². The number of aliphatic hydroxyl groups is 4. The summed E-state index contributed by atoms with van der Waals surface area (Å²) >= 11 is 6.03. The average molecular weight is 515 g/mol. The summed E-state index contributed by atoms with van der Waals surface area (Å²) < 4.78 is 1.68. The van der Waals surface area contributed by atoms with Crippen LogP contribution in [0.2, 0.25) is 5.02 Å². The molecule has 0 saturated carbocycles. The normalized spacial score (nSPS) is 22.2. The summed E-state index contributed by atoms with van der Waals surface area (Å²) in [5.41, 5.74) is 2.00. The van der Waals surface area contributed by atoms with E-state index < -0.39 is 48.3 Å². The van der Waals surface area contributed by atoms with E-state index in [1.54, 1.807) is 60.4 Å². The third kappa shape index (κ3) is 5.28. The molecule has 2 unspecified atom stereocenters. The second-order valence-corrected chi connectivity index (χ2v) is 9.15. The van der Waals surface area contributed by atoms with Crippen molar-refractivity contribution in [2.24, 2.45) is 0 Å². The van der Waals surface area contributed by atoms with Crippen molar-refractivity contribution in [1.82, 2.24) is 20.0 Å². The molecule has 2 aromatic carbocycles. The molecular weight excluding hydrogens is 488 g/mol. The molecular formula is C25H27ClN4O6. The van der Waals surface area contributed by atoms with E-state index >= 15 is 0 Å². The Hall–Kier alpha value is -3.28. The molecule has 2 heterocycles. The zero-order valence-electron chi connectivity index (χ0n) is 19.3. The van der Waals surface area contributed by atoms with Crippen molar-refractivity contribution in [1.29, 1.82) is 0 Å². The lowest BCUT2D eigenvalue weighted by molar-refractivity contribution is -0.154. The first kappa shape index (κ1) is 25.8. The molecule has 1 fully saturated rings. The molecule has 10 nitrogen and oxygen atoms in total. The number of likely N-dealkylation sites (tertiary alicyclic amines) is 1. The van der Waals surface area contributed by atoms with Gasteiger partial charge in [-0.2, -0.15) is 5.10 Å². The van der Waals surface area contributed by atoms with Crippen LogP contribution in [-0.2, 0) is 9.59 Å². The van der Waals surface area contributed by atoms with Gasteiger partial charge in [0, 0.05) is 17.4 Å². The number of hydrogen-bond acceptors (Lipinski definition) is 7. The number of amides is 2. The van der Waals surface area contributed by atoms with E-state index in [-0.39, 0.29) is 6.54 Å². The van der Waals surface area contributed by atoms with E-state index in [2.05, 4.69) is 10.4 Å². The van der Waals surface area contributed by atoms with Crippen molar-refractivity contribution >= 4 is 23.4 Å². The third-order valence-corrected chi connectivity index (χ3v) is 6.49. The number of halogens is 1. The van der Waals surface area contributed by atoms with Gasteiger partial charge in [0.25, 0.3) is 11.8 Å². The van der Waals surface area contributed by atoms with Gasteiger partial charge in [-0.25, -0.2) is 4.68 Å². The zero-order valence-corrected chi connectivity index (χ0v) is 20.1. The number of nitrogens with zero attached hydrogens (tertiary/aromatic N) is 3. The minimum absolute atomic E-state index is 0.290. The van der Waals surface area contributed by atoms with Gasteiger partial charge in [0.1, 0.15) is 6.10 Å². The third-order valence-electron chi connectivity index (χ3n) is 6.25. The minimum Gasteiger partial charge on any atom is -0.388 e. The van der Waals surface area contributed by atoms with Crippen LogP contribution in [-0.4, -0.2) is 77.9 Å². The number of carbonyl (C=O) groups is 2. The highest BCUT2D eigenvalue weighted by atomic mass is 35.5. The number of benzene rings is 2. The first-order valence-corrected chi connectivity index (χ1v) is 11.7. The summed E-state index contributed by atoms with van der Waals surface area (Å²) in [7, 11) is 0. The Balaban J connectivity index is 1.42. The van der Waals surface area contributed by atoms with Crippen LogP contribution >= 0.6 is 11.6 Å². The maximum absolute atomic E-state index is 13.0. The molecule has 4 rings (SSSR count). The van der Waals surface area contributed by atoms with Crippen molar-refractivity contribution in [3.8, 4) is 5.69 Å². The Morgan fingerprint density at radius 3 is 2.44 bits per heavy atom. The minimum atomic E-state index is -2.11. The monoisotopic (exact) mass is 514 g/mol. The number of rotatable bonds is 7. The Morgan fingerprint density at radius 2 is 1.81 bits per heavy atom. The molecule has 0 spiro atoms. The summed E-state index contributed by atoms with van der Waals surface area (Å²) in [6.45, 7) is 1.41. The molecule has 0 aliphatic carbocycles. The van der Waals surface area contributed by atoms with Crippen LogP contribution in [0.4, 0.5) is 0 Å². The fourth-order valence-corrected chi connectivity index (χ4v) is 4.48. The summed E-state index contributed by atoms with van der Waals surface area (Å²) in [4.78, 5) is 26.7. The molecule has 6 atom stereocenters. The maximum Gasteiger partial charge on any atom is 0.255 e. The van der Waals surface area contributed by atoms with Gasteiger partial charge in [0.05, 0.1) is 30.4 Å². The van der Waals surface area contributed by atoms with Crippen LogP contribution in [0.1, 0.15) is 30.1 Å². The van der Waals surface area contributed by atoms with Crippen LogP contribution in [0.3, 0.4) is 0 Å². The molecule has 1 saturated heterocycles. The lowest BCUT2D eigenvalue weighted by Gasteiger charge is -2.29. The van der Waals surface area contributed by atoms with Crippen LogP contribution in [0.5, 0.6) is 0 Å². The lowest BCUT2D eigenvalue weighted by Crippen LogP contribution is -2.51. The van der Waals surface area contributed by atoms with Crippen molar-refractivity contribution in [3.63, 3.8) is 0 Å². The highest BCUT2D eigenvalue weighted by molar-refractivity contribution is 6.30. The van der Waals surface area contributed by atoms with Crippen LogP contribution in [0.25, 0.3) is 5.69 Å². The van der Waals surface area contributed by atoms with Gasteiger partial charge in [-0.15, -0.1) is 0 Å². The van der Waals surface area contributed by atoms with Crippen molar-refractivity contribution in [2.45, 2.75) is 43.4 Å². The van der Waals surface area contributed by atoms with E-state index in [4.69, 9.17) is 11.6 Å². The number of nitrogens with one attached hydrogen (secondary N) is 1. The zero-order chi connectivity index (χ0) is 26.0. The summed E-state index contributed by atoms with van der Waals surface area (Å²) in [6, 6.07) is 13.9. The molecule has 0 radical (unpaired) electrons. The molecule has 1 aliphatic rings. The Kier molecular flexibility index (Phi) is 7.72. The van der Waals surface area contributed by atoms with Gasteiger partial charge >= 0.3 is 0 Å². The highest BCUT2D eigenvalue weighted by Gasteiger charge is 2.46. The summed E-state index contributed by atoms with van der Waals surface area (Å²) in [6.07, 6.45) is -3.34. The maximum atomic E-state index is 13.0. The van der Waals surface area contributed by atoms with Gasteiger partial charge in [0.15, 0.2) is 12.2 Å². The molecule has 190 valence electrons. The number of aliphatic hydroxyl groups excluding tert-OH is 4. The van der Waals surface area contributed by atoms with E-state index in [9.17, 15) is 30.0 Å². The highest BCUT2D eigenvalue weighted by Crippen LogP contribution is 2.34. The largest absolute Gasteiger partial charge is 0.388 e. The summed E-state index contributed by atoms with van der Waals surface area (Å²) in [5.74, 6) is -1.95. The molecule has 5 N–H and O–H groups in total. The molecule has 0 bridgehead atoms. The van der Waals surface area contributed by atoms with E-state index in [0.717, 1.165) is 16.2 Å². The Bertz CT molecular complexity index is 1210. The smallest absolute Gasteiger partial charge is 0.255 e. The molecule has 2 amide bonds. The quantitative estimate of drug-likeness (QED) is 0.312. The van der Waals surface area contributed by atoms with Crippen molar-refractivity contribution in [2.75, 3.05) is 6.54 Å². The summed E-state index contributed by atoms with van der Waals surface area (Å²) in [5, 5.41) is 48.7. The van der Waals surface area contributed by atoms with E-state index in [0.29, 0.717) is 10.6 Å². The van der Waals surface area contributed by atoms with E-state index in [1.807, 2.05) is 12.1 Å². The predicted octanol–water partition coefficient (Wildman–Crippen LogP) is 0.730. The number of hydrogen-bond donors (Lipinski definition) is 5.